The van der Waals surface area contributed by atoms with E-state index in [4.69, 9.17) is 10.5 Å². The van der Waals surface area contributed by atoms with Crippen molar-refractivity contribution in [3.63, 3.8) is 0 Å². The highest BCUT2D eigenvalue weighted by Crippen LogP contribution is 2.14. The number of hydrogen-bond donors (Lipinski definition) is 1. The average molecular weight is 261 g/mol. The number of ether oxygens (including phenoxy) is 1. The van der Waals surface area contributed by atoms with Crippen molar-refractivity contribution in [3.05, 3.63) is 41.2 Å². The van der Waals surface area contributed by atoms with Gasteiger partial charge >= 0.3 is 0 Å². The lowest BCUT2D eigenvalue weighted by Crippen LogP contribution is -2.35. The molecular weight excluding hydrogens is 242 g/mol. The first-order valence-electron chi connectivity index (χ1n) is 6.35. The van der Waals surface area contributed by atoms with Crippen LogP contribution >= 0.6 is 0 Å². The predicted octanol–water partition coefficient (Wildman–Crippen LogP) is 0.959. The summed E-state index contributed by atoms with van der Waals surface area (Å²) in [5.74, 6) is 0.0322. The Labute approximate surface area is 113 Å². The third kappa shape index (κ3) is 3.39. The zero-order valence-electron chi connectivity index (χ0n) is 11.1. The number of rotatable bonds is 4. The summed E-state index contributed by atoms with van der Waals surface area (Å²) in [5, 5.41) is 0. The number of methoxy groups -OCH3 is 1. The monoisotopic (exact) mass is 261 g/mol. The Balaban J connectivity index is 2.04. The molecule has 2 rings (SSSR count). The molecule has 2 heterocycles. The second kappa shape index (κ2) is 6.45. The van der Waals surface area contributed by atoms with Gasteiger partial charge in [0.15, 0.2) is 0 Å². The van der Waals surface area contributed by atoms with Gasteiger partial charge in [0, 0.05) is 38.5 Å². The molecule has 5 nitrogen and oxygen atoms in total. The number of carbonyl (C=O) groups excluding carboxylic acids is 1. The summed E-state index contributed by atoms with van der Waals surface area (Å²) < 4.78 is 5.10. The van der Waals surface area contributed by atoms with Crippen molar-refractivity contribution in [1.29, 1.82) is 0 Å². The van der Waals surface area contributed by atoms with Crippen molar-refractivity contribution >= 4 is 5.91 Å². The van der Waals surface area contributed by atoms with Crippen LogP contribution in [0.5, 0.6) is 0 Å². The van der Waals surface area contributed by atoms with Crippen molar-refractivity contribution in [3.8, 4) is 0 Å². The zero-order chi connectivity index (χ0) is 13.7. The minimum absolute atomic E-state index is 0.0322. The lowest BCUT2D eigenvalue weighted by molar-refractivity contribution is 0.0764. The third-order valence-electron chi connectivity index (χ3n) is 3.19. The topological polar surface area (TPSA) is 68.5 Å². The SMILES string of the molecule is COCC1=CCN(C(=O)c2ccnc(CN)c2)CC1. The molecule has 19 heavy (non-hydrogen) atoms. The van der Waals surface area contributed by atoms with E-state index in [1.54, 1.807) is 25.4 Å². The molecule has 0 atom stereocenters. The number of pyridine rings is 1. The molecule has 0 spiro atoms. The molecule has 0 aliphatic carbocycles. The van der Waals surface area contributed by atoms with Crippen LogP contribution in [-0.4, -0.2) is 42.6 Å². The molecule has 0 fully saturated rings. The molecule has 5 heteroatoms. The first kappa shape index (κ1) is 13.7. The zero-order valence-corrected chi connectivity index (χ0v) is 11.1. The highest BCUT2D eigenvalue weighted by Gasteiger charge is 2.18. The molecule has 0 aromatic carbocycles. The Kier molecular flexibility index (Phi) is 4.65. The van der Waals surface area contributed by atoms with E-state index < -0.39 is 0 Å². The van der Waals surface area contributed by atoms with E-state index in [1.165, 1.54) is 5.57 Å². The van der Waals surface area contributed by atoms with Gasteiger partial charge in [-0.25, -0.2) is 0 Å². The van der Waals surface area contributed by atoms with Gasteiger partial charge in [0.05, 0.1) is 12.3 Å². The summed E-state index contributed by atoms with van der Waals surface area (Å²) >= 11 is 0. The number of nitrogens with zero attached hydrogens (tertiary/aromatic N) is 2. The van der Waals surface area contributed by atoms with Gasteiger partial charge in [-0.2, -0.15) is 0 Å². The molecule has 2 N–H and O–H groups in total. The first-order valence-corrected chi connectivity index (χ1v) is 6.35. The Hall–Kier alpha value is -1.72. The average Bonchev–Trinajstić information content (AvgIpc) is 2.48. The van der Waals surface area contributed by atoms with E-state index in [1.807, 2.05) is 4.90 Å². The quantitative estimate of drug-likeness (QED) is 0.820. The molecular formula is C14H19N3O2. The second-order valence-corrected chi connectivity index (χ2v) is 4.54. The Bertz CT molecular complexity index is 485. The van der Waals surface area contributed by atoms with E-state index in [-0.39, 0.29) is 5.91 Å². The third-order valence-corrected chi connectivity index (χ3v) is 3.19. The summed E-state index contributed by atoms with van der Waals surface area (Å²) in [4.78, 5) is 18.3. The fourth-order valence-electron chi connectivity index (χ4n) is 2.12. The maximum Gasteiger partial charge on any atom is 0.254 e. The smallest absolute Gasteiger partial charge is 0.254 e. The molecule has 0 radical (unpaired) electrons. The van der Waals surface area contributed by atoms with Gasteiger partial charge in [0.25, 0.3) is 5.91 Å². The van der Waals surface area contributed by atoms with Crippen molar-refractivity contribution in [2.45, 2.75) is 13.0 Å². The van der Waals surface area contributed by atoms with Gasteiger partial charge in [0.2, 0.25) is 0 Å². The largest absolute Gasteiger partial charge is 0.380 e. The lowest BCUT2D eigenvalue weighted by Gasteiger charge is -2.26. The van der Waals surface area contributed by atoms with E-state index in [2.05, 4.69) is 11.1 Å². The minimum atomic E-state index is 0.0322. The van der Waals surface area contributed by atoms with Crippen LogP contribution in [0.3, 0.4) is 0 Å². The van der Waals surface area contributed by atoms with E-state index in [0.717, 1.165) is 18.7 Å². The minimum Gasteiger partial charge on any atom is -0.380 e. The molecule has 0 saturated carbocycles. The van der Waals surface area contributed by atoms with Crippen LogP contribution in [0.1, 0.15) is 22.5 Å². The normalized spacial score (nSPS) is 15.3. The molecule has 1 aliphatic heterocycles. The van der Waals surface area contributed by atoms with Crippen LogP contribution < -0.4 is 5.73 Å². The highest BCUT2D eigenvalue weighted by atomic mass is 16.5. The fraction of sp³-hybridized carbons (Fsp3) is 0.429. The van der Waals surface area contributed by atoms with Crippen molar-refractivity contribution in [2.75, 3.05) is 26.8 Å². The molecule has 1 amide bonds. The highest BCUT2D eigenvalue weighted by molar-refractivity contribution is 5.94. The van der Waals surface area contributed by atoms with Gasteiger partial charge in [-0.15, -0.1) is 0 Å². The maximum absolute atomic E-state index is 12.3. The Morgan fingerprint density at radius 1 is 1.58 bits per heavy atom. The molecule has 0 bridgehead atoms. The molecule has 102 valence electrons. The standard InChI is InChI=1S/C14H19N3O2/c1-19-10-11-3-6-17(7-4-11)14(18)12-2-5-16-13(8-12)9-15/h2-3,5,8H,4,6-7,9-10,15H2,1H3. The summed E-state index contributed by atoms with van der Waals surface area (Å²) in [6.45, 7) is 2.36. The number of carbonyl (C=O) groups is 1. The van der Waals surface area contributed by atoms with Crippen LogP contribution in [0.15, 0.2) is 30.0 Å². The maximum atomic E-state index is 12.3. The molecule has 1 aromatic rings. The summed E-state index contributed by atoms with van der Waals surface area (Å²) in [6.07, 6.45) is 4.57. The van der Waals surface area contributed by atoms with Crippen LogP contribution in [0.2, 0.25) is 0 Å². The van der Waals surface area contributed by atoms with Crippen molar-refractivity contribution in [2.24, 2.45) is 5.73 Å². The van der Waals surface area contributed by atoms with E-state index in [0.29, 0.717) is 25.3 Å². The summed E-state index contributed by atoms with van der Waals surface area (Å²) in [5.41, 5.74) is 8.18. The van der Waals surface area contributed by atoms with Gasteiger partial charge in [-0.1, -0.05) is 6.08 Å². The van der Waals surface area contributed by atoms with Crippen LogP contribution in [0.4, 0.5) is 0 Å². The van der Waals surface area contributed by atoms with Crippen molar-refractivity contribution < 1.29 is 9.53 Å². The Morgan fingerprint density at radius 3 is 3.05 bits per heavy atom. The van der Waals surface area contributed by atoms with E-state index >= 15 is 0 Å². The first-order chi connectivity index (χ1) is 9.24. The number of nitrogens with two attached hydrogens (primary N) is 1. The van der Waals surface area contributed by atoms with Gasteiger partial charge < -0.3 is 15.4 Å². The lowest BCUT2D eigenvalue weighted by atomic mass is 10.1. The van der Waals surface area contributed by atoms with Crippen molar-refractivity contribution in [1.82, 2.24) is 9.88 Å². The molecule has 0 saturated heterocycles. The summed E-state index contributed by atoms with van der Waals surface area (Å²) in [6, 6.07) is 3.49. The fourth-order valence-corrected chi connectivity index (χ4v) is 2.12. The van der Waals surface area contributed by atoms with Crippen LogP contribution in [0.25, 0.3) is 0 Å². The van der Waals surface area contributed by atoms with Crippen LogP contribution in [-0.2, 0) is 11.3 Å². The van der Waals surface area contributed by atoms with E-state index in [9.17, 15) is 4.79 Å². The molecule has 1 aliphatic rings. The summed E-state index contributed by atoms with van der Waals surface area (Å²) in [7, 11) is 1.68. The number of amides is 1. The second-order valence-electron chi connectivity index (χ2n) is 4.54. The Morgan fingerprint density at radius 2 is 2.42 bits per heavy atom. The molecule has 1 aromatic heterocycles. The predicted molar refractivity (Wildman–Crippen MR) is 72.6 cm³/mol. The molecule has 0 unspecified atom stereocenters. The van der Waals surface area contributed by atoms with Crippen LogP contribution in [0, 0.1) is 0 Å². The van der Waals surface area contributed by atoms with Gasteiger partial charge in [-0.05, 0) is 24.1 Å². The van der Waals surface area contributed by atoms with Gasteiger partial charge in [-0.3, -0.25) is 9.78 Å². The number of aromatic nitrogens is 1. The van der Waals surface area contributed by atoms with Gasteiger partial charge in [0.1, 0.15) is 0 Å². The number of hydrogen-bond acceptors (Lipinski definition) is 4.